The van der Waals surface area contributed by atoms with Crippen molar-refractivity contribution in [3.63, 3.8) is 0 Å². The summed E-state index contributed by atoms with van der Waals surface area (Å²) in [5.41, 5.74) is 3.82. The van der Waals surface area contributed by atoms with E-state index in [4.69, 9.17) is 0 Å². The molecule has 1 aliphatic rings. The molecule has 1 saturated heterocycles. The third kappa shape index (κ3) is 4.65. The van der Waals surface area contributed by atoms with Gasteiger partial charge < -0.3 is 10.2 Å². The highest BCUT2D eigenvalue weighted by Crippen LogP contribution is 2.34. The van der Waals surface area contributed by atoms with E-state index in [9.17, 15) is 19.7 Å². The summed E-state index contributed by atoms with van der Waals surface area (Å²) in [5, 5.41) is 22.7. The van der Waals surface area contributed by atoms with Gasteiger partial charge in [-0.3, -0.25) is 19.7 Å². The fourth-order valence-electron chi connectivity index (χ4n) is 3.55. The van der Waals surface area contributed by atoms with E-state index in [0.29, 0.717) is 28.7 Å². The van der Waals surface area contributed by atoms with Gasteiger partial charge in [0.25, 0.3) is 5.69 Å². The summed E-state index contributed by atoms with van der Waals surface area (Å²) < 4.78 is 0. The average Bonchev–Trinajstić information content (AvgIpc) is 3.37. The maximum atomic E-state index is 12.6. The number of aryl methyl sites for hydroxylation is 2. The number of aromatic nitrogens is 2. The molecule has 0 aliphatic carbocycles. The Bertz CT molecular complexity index is 1190. The molecule has 1 aromatic heterocycles. The van der Waals surface area contributed by atoms with Crippen LogP contribution in [0.5, 0.6) is 0 Å². The lowest BCUT2D eigenvalue weighted by molar-refractivity contribution is -0.384. The Morgan fingerprint density at radius 2 is 1.94 bits per heavy atom. The van der Waals surface area contributed by atoms with Crippen LogP contribution in [-0.2, 0) is 16.0 Å². The lowest BCUT2D eigenvalue weighted by Gasteiger charge is -2.17. The molecule has 2 amide bonds. The Kier molecular flexibility index (Phi) is 5.95. The van der Waals surface area contributed by atoms with Crippen molar-refractivity contribution in [3.8, 4) is 0 Å². The highest BCUT2D eigenvalue weighted by Gasteiger charge is 2.34. The molecule has 0 saturated carbocycles. The number of hydrogen-bond acceptors (Lipinski definition) is 7. The molecule has 2 heterocycles. The number of nitrogens with one attached hydrogen (secondary N) is 1. The van der Waals surface area contributed by atoms with Gasteiger partial charge in [-0.2, -0.15) is 0 Å². The zero-order chi connectivity index (χ0) is 22.8. The second kappa shape index (κ2) is 8.83. The Balaban J connectivity index is 1.38. The highest BCUT2D eigenvalue weighted by atomic mass is 32.1. The summed E-state index contributed by atoms with van der Waals surface area (Å²) in [7, 11) is 0. The van der Waals surface area contributed by atoms with Crippen LogP contribution in [0.15, 0.2) is 42.5 Å². The normalized spacial score (nSPS) is 15.8. The third-order valence-electron chi connectivity index (χ3n) is 5.48. The maximum Gasteiger partial charge on any atom is 0.269 e. The molecule has 1 fully saturated rings. The average molecular weight is 452 g/mol. The highest BCUT2D eigenvalue weighted by molar-refractivity contribution is 7.15. The Morgan fingerprint density at radius 1 is 1.19 bits per heavy atom. The molecule has 0 bridgehead atoms. The molecule has 1 atom stereocenters. The number of carbonyl (C=O) groups is 2. The second-order valence-electron chi connectivity index (χ2n) is 7.77. The molecule has 164 valence electrons. The molecule has 0 radical (unpaired) electrons. The molecular weight excluding hydrogens is 430 g/mol. The minimum Gasteiger partial charge on any atom is -0.312 e. The first-order chi connectivity index (χ1) is 15.3. The van der Waals surface area contributed by atoms with E-state index in [2.05, 4.69) is 15.5 Å². The molecule has 0 spiro atoms. The van der Waals surface area contributed by atoms with Gasteiger partial charge in [-0.25, -0.2) is 0 Å². The SMILES string of the molecule is Cc1ccc(N2CC(c3nnc(NC(=O)Cc4ccc([N+](=O)[O-])cc4)s3)CC2=O)cc1C. The van der Waals surface area contributed by atoms with Crippen molar-refractivity contribution in [2.45, 2.75) is 32.6 Å². The Hall–Kier alpha value is -3.66. The number of anilines is 2. The van der Waals surface area contributed by atoms with Gasteiger partial charge in [0.2, 0.25) is 16.9 Å². The number of nitro benzene ring substituents is 1. The maximum absolute atomic E-state index is 12.6. The monoisotopic (exact) mass is 451 g/mol. The van der Waals surface area contributed by atoms with Gasteiger partial charge in [-0.15, -0.1) is 10.2 Å². The number of rotatable bonds is 6. The number of amides is 2. The second-order valence-corrected chi connectivity index (χ2v) is 8.78. The van der Waals surface area contributed by atoms with Gasteiger partial charge in [0.1, 0.15) is 5.01 Å². The van der Waals surface area contributed by atoms with Gasteiger partial charge >= 0.3 is 0 Å². The molecule has 3 aromatic rings. The van der Waals surface area contributed by atoms with Crippen LogP contribution in [0.25, 0.3) is 0 Å². The zero-order valence-corrected chi connectivity index (χ0v) is 18.4. The first-order valence-corrected chi connectivity index (χ1v) is 10.9. The van der Waals surface area contributed by atoms with Crippen molar-refractivity contribution in [3.05, 3.63) is 74.3 Å². The molecule has 2 aromatic carbocycles. The van der Waals surface area contributed by atoms with E-state index in [1.54, 1.807) is 17.0 Å². The Labute approximate surface area is 188 Å². The van der Waals surface area contributed by atoms with E-state index in [0.717, 1.165) is 11.3 Å². The summed E-state index contributed by atoms with van der Waals surface area (Å²) in [5.74, 6) is -0.333. The van der Waals surface area contributed by atoms with Crippen LogP contribution in [-0.4, -0.2) is 33.5 Å². The Morgan fingerprint density at radius 3 is 2.62 bits per heavy atom. The molecule has 32 heavy (non-hydrogen) atoms. The number of hydrogen-bond donors (Lipinski definition) is 1. The van der Waals surface area contributed by atoms with E-state index in [1.807, 2.05) is 32.0 Å². The predicted molar refractivity (Wildman–Crippen MR) is 121 cm³/mol. The van der Waals surface area contributed by atoms with Crippen LogP contribution in [0.4, 0.5) is 16.5 Å². The lowest BCUT2D eigenvalue weighted by atomic mass is 10.1. The fraction of sp³-hybridized carbons (Fsp3) is 0.273. The molecule has 1 unspecified atom stereocenters. The molecule has 10 heteroatoms. The first kappa shape index (κ1) is 21.6. The number of nitrogens with zero attached hydrogens (tertiary/aromatic N) is 4. The van der Waals surface area contributed by atoms with Crippen molar-refractivity contribution in [1.29, 1.82) is 0 Å². The topological polar surface area (TPSA) is 118 Å². The fourth-order valence-corrected chi connectivity index (χ4v) is 4.40. The largest absolute Gasteiger partial charge is 0.312 e. The summed E-state index contributed by atoms with van der Waals surface area (Å²) in [6.07, 6.45) is 0.410. The predicted octanol–water partition coefficient (Wildman–Crippen LogP) is 3.76. The van der Waals surface area contributed by atoms with Gasteiger partial charge in [0.15, 0.2) is 0 Å². The van der Waals surface area contributed by atoms with Crippen LogP contribution in [0.1, 0.15) is 34.0 Å². The summed E-state index contributed by atoms with van der Waals surface area (Å²) in [6, 6.07) is 11.8. The van der Waals surface area contributed by atoms with Crippen molar-refractivity contribution < 1.29 is 14.5 Å². The van der Waals surface area contributed by atoms with E-state index in [1.165, 1.54) is 29.0 Å². The van der Waals surface area contributed by atoms with Crippen molar-refractivity contribution in [2.24, 2.45) is 0 Å². The van der Waals surface area contributed by atoms with Crippen LogP contribution >= 0.6 is 11.3 Å². The molecule has 1 N–H and O–H groups in total. The number of nitro groups is 1. The van der Waals surface area contributed by atoms with Gasteiger partial charge in [-0.05, 0) is 42.7 Å². The van der Waals surface area contributed by atoms with Gasteiger partial charge in [0.05, 0.1) is 11.3 Å². The lowest BCUT2D eigenvalue weighted by Crippen LogP contribution is -2.24. The quantitative estimate of drug-likeness (QED) is 0.450. The van der Waals surface area contributed by atoms with E-state index < -0.39 is 4.92 Å². The van der Waals surface area contributed by atoms with Crippen LogP contribution in [0.2, 0.25) is 0 Å². The van der Waals surface area contributed by atoms with Crippen LogP contribution < -0.4 is 10.2 Å². The van der Waals surface area contributed by atoms with Crippen molar-refractivity contribution in [2.75, 3.05) is 16.8 Å². The number of benzene rings is 2. The third-order valence-corrected chi connectivity index (χ3v) is 6.48. The zero-order valence-electron chi connectivity index (χ0n) is 17.6. The van der Waals surface area contributed by atoms with Crippen LogP contribution in [0.3, 0.4) is 0 Å². The van der Waals surface area contributed by atoms with Gasteiger partial charge in [0, 0.05) is 36.7 Å². The number of carbonyl (C=O) groups excluding carboxylic acids is 2. The minimum atomic E-state index is -0.485. The van der Waals surface area contributed by atoms with E-state index in [-0.39, 0.29) is 29.8 Å². The van der Waals surface area contributed by atoms with Crippen molar-refractivity contribution in [1.82, 2.24) is 10.2 Å². The summed E-state index contributed by atoms with van der Waals surface area (Å²) >= 11 is 1.26. The molecule has 1 aliphatic heterocycles. The van der Waals surface area contributed by atoms with Crippen molar-refractivity contribution >= 4 is 39.7 Å². The first-order valence-electron chi connectivity index (χ1n) is 10.0. The number of non-ortho nitro benzene ring substituents is 1. The summed E-state index contributed by atoms with van der Waals surface area (Å²) in [6.45, 7) is 4.58. The summed E-state index contributed by atoms with van der Waals surface area (Å²) in [4.78, 5) is 36.9. The molecule has 9 nitrogen and oxygen atoms in total. The molecular formula is C22H21N5O4S. The standard InChI is InChI=1S/C22H21N5O4S/c1-13-3-6-18(9-14(13)2)26-12-16(11-20(26)29)21-24-25-22(32-21)23-19(28)10-15-4-7-17(8-5-15)27(30)31/h3-9,16H,10-12H2,1-2H3,(H,23,25,28). The van der Waals surface area contributed by atoms with Crippen LogP contribution in [0, 0.1) is 24.0 Å². The van der Waals surface area contributed by atoms with E-state index >= 15 is 0 Å². The minimum absolute atomic E-state index is 0.0242. The van der Waals surface area contributed by atoms with Gasteiger partial charge in [-0.1, -0.05) is 29.5 Å². The molecule has 4 rings (SSSR count). The smallest absolute Gasteiger partial charge is 0.269 e.